The van der Waals surface area contributed by atoms with Gasteiger partial charge in [-0.2, -0.15) is 0 Å². The lowest BCUT2D eigenvalue weighted by Crippen LogP contribution is -1.65. The number of hydrogen-bond acceptors (Lipinski definition) is 0. The van der Waals surface area contributed by atoms with Crippen LogP contribution in [0.15, 0.2) is 0 Å². The molecule has 2 fully saturated rings. The lowest BCUT2D eigenvalue weighted by Gasteiger charge is -1.71. The van der Waals surface area contributed by atoms with Gasteiger partial charge in [0.05, 0.1) is 0 Å². The molecule has 6 heavy (non-hydrogen) atoms. The molecule has 1 atom stereocenters. The molecule has 2 aliphatic carbocycles. The third kappa shape index (κ3) is 0.193. The fourth-order valence-electron chi connectivity index (χ4n) is 1.41. The molecule has 0 aromatic rings. The zero-order chi connectivity index (χ0) is 4.20. The van der Waals surface area contributed by atoms with Crippen molar-refractivity contribution in [1.82, 2.24) is 0 Å². The van der Waals surface area contributed by atoms with Crippen LogP contribution < -0.4 is 0 Å². The van der Waals surface area contributed by atoms with E-state index in [1.165, 1.54) is 0 Å². The van der Waals surface area contributed by atoms with Crippen molar-refractivity contribution >= 4 is 7.85 Å². The lowest BCUT2D eigenvalue weighted by molar-refractivity contribution is 0.897. The second-order valence-electron chi connectivity index (χ2n) is 2.97. The average molecular weight is 79.9 g/mol. The van der Waals surface area contributed by atoms with E-state index in [4.69, 9.17) is 0 Å². The summed E-state index contributed by atoms with van der Waals surface area (Å²) >= 11 is 0. The SMILES string of the molecule is B[C@@H]1CC12CC2. The molecule has 0 aromatic carbocycles. The van der Waals surface area contributed by atoms with Crippen LogP contribution in [-0.4, -0.2) is 7.85 Å². The summed E-state index contributed by atoms with van der Waals surface area (Å²) < 4.78 is 0. The van der Waals surface area contributed by atoms with Crippen LogP contribution in [0.25, 0.3) is 0 Å². The molecule has 0 aromatic heterocycles. The zero-order valence-corrected chi connectivity index (χ0v) is 4.20. The van der Waals surface area contributed by atoms with Crippen LogP contribution in [0.5, 0.6) is 0 Å². The second kappa shape index (κ2) is 0.575. The van der Waals surface area contributed by atoms with Crippen LogP contribution in [0.3, 0.4) is 0 Å². The van der Waals surface area contributed by atoms with Gasteiger partial charge in [-0.1, -0.05) is 12.2 Å². The summed E-state index contributed by atoms with van der Waals surface area (Å²) in [6, 6.07) is 0. The smallest absolute Gasteiger partial charge is 0.0637 e. The van der Waals surface area contributed by atoms with Gasteiger partial charge in [0.25, 0.3) is 0 Å². The molecule has 0 aliphatic heterocycles. The molecule has 1 heteroatoms. The van der Waals surface area contributed by atoms with E-state index in [2.05, 4.69) is 7.85 Å². The molecule has 0 bridgehead atoms. The van der Waals surface area contributed by atoms with Crippen molar-refractivity contribution in [3.63, 3.8) is 0 Å². The van der Waals surface area contributed by atoms with Gasteiger partial charge >= 0.3 is 0 Å². The maximum Gasteiger partial charge on any atom is 0.106 e. The van der Waals surface area contributed by atoms with E-state index in [1.54, 1.807) is 19.3 Å². The first-order valence-corrected chi connectivity index (χ1v) is 2.83. The normalized spacial score (nSPS) is 46.3. The Morgan fingerprint density at radius 2 is 2.00 bits per heavy atom. The van der Waals surface area contributed by atoms with Crippen LogP contribution in [0.1, 0.15) is 19.3 Å². The van der Waals surface area contributed by atoms with Crippen LogP contribution in [0, 0.1) is 5.41 Å². The standard InChI is InChI=1S/C5H9B/c6-4-3-5(4)1-2-5/h4H,1-3,6H2/t4-/m1/s1. The predicted molar refractivity (Wildman–Crippen MR) is 28.6 cm³/mol. The van der Waals surface area contributed by atoms with E-state index < -0.39 is 0 Å². The Hall–Kier alpha value is 0.0649. The van der Waals surface area contributed by atoms with E-state index in [9.17, 15) is 0 Å². The average Bonchev–Trinajstić information content (AvgIpc) is 2.25. The van der Waals surface area contributed by atoms with E-state index >= 15 is 0 Å². The Bertz CT molecular complexity index is 83.9. The first kappa shape index (κ1) is 3.12. The maximum atomic E-state index is 2.37. The first-order valence-electron chi connectivity index (χ1n) is 2.83. The largest absolute Gasteiger partial charge is 0.106 e. The summed E-state index contributed by atoms with van der Waals surface area (Å²) in [5.74, 6) is 1.11. The molecule has 2 saturated carbocycles. The van der Waals surface area contributed by atoms with Gasteiger partial charge < -0.3 is 0 Å². The molecule has 0 N–H and O–H groups in total. The molecule has 0 nitrogen and oxygen atoms in total. The minimum Gasteiger partial charge on any atom is -0.0637 e. The number of rotatable bonds is 0. The molecule has 0 unspecified atom stereocenters. The lowest BCUT2D eigenvalue weighted by atomic mass is 10.00. The van der Waals surface area contributed by atoms with Crippen molar-refractivity contribution in [3.05, 3.63) is 0 Å². The van der Waals surface area contributed by atoms with Gasteiger partial charge in [-0.3, -0.25) is 0 Å². The summed E-state index contributed by atoms with van der Waals surface area (Å²) in [6.45, 7) is 0. The van der Waals surface area contributed by atoms with Gasteiger partial charge in [-0.15, -0.1) is 0 Å². The second-order valence-corrected chi connectivity index (χ2v) is 2.97. The van der Waals surface area contributed by atoms with Gasteiger partial charge in [0, 0.05) is 0 Å². The van der Waals surface area contributed by atoms with Crippen LogP contribution in [0.4, 0.5) is 0 Å². The number of hydrogen-bond donors (Lipinski definition) is 0. The molecule has 0 heterocycles. The minimum atomic E-state index is 0.958. The summed E-state index contributed by atoms with van der Waals surface area (Å²) in [7, 11) is 2.37. The van der Waals surface area contributed by atoms with E-state index in [-0.39, 0.29) is 0 Å². The highest BCUT2D eigenvalue weighted by Gasteiger charge is 2.59. The van der Waals surface area contributed by atoms with Gasteiger partial charge in [0.1, 0.15) is 7.85 Å². The monoisotopic (exact) mass is 80.1 g/mol. The highest BCUT2D eigenvalue weighted by molar-refractivity contribution is 6.14. The van der Waals surface area contributed by atoms with Crippen molar-refractivity contribution in [2.24, 2.45) is 5.41 Å². The quantitative estimate of drug-likeness (QED) is 0.373. The molecule has 2 rings (SSSR count). The van der Waals surface area contributed by atoms with Gasteiger partial charge in [-0.05, 0) is 18.3 Å². The topological polar surface area (TPSA) is 0 Å². The summed E-state index contributed by atoms with van der Waals surface area (Å²) in [4.78, 5) is 0. The molecule has 0 amide bonds. The Labute approximate surface area is 39.3 Å². The first-order chi connectivity index (χ1) is 2.83. The van der Waals surface area contributed by atoms with Gasteiger partial charge in [0.2, 0.25) is 0 Å². The Morgan fingerprint density at radius 1 is 1.50 bits per heavy atom. The van der Waals surface area contributed by atoms with Crippen molar-refractivity contribution in [2.45, 2.75) is 25.1 Å². The Balaban J connectivity index is 2.17. The fourth-order valence-corrected chi connectivity index (χ4v) is 1.41. The van der Waals surface area contributed by atoms with Crippen molar-refractivity contribution in [3.8, 4) is 0 Å². The molecule has 0 saturated heterocycles. The molecule has 0 radical (unpaired) electrons. The van der Waals surface area contributed by atoms with Crippen LogP contribution in [0.2, 0.25) is 5.82 Å². The summed E-state index contributed by atoms with van der Waals surface area (Å²) in [5.41, 5.74) is 0.958. The highest BCUT2D eigenvalue weighted by Crippen LogP contribution is 2.73. The third-order valence-corrected chi connectivity index (χ3v) is 2.49. The van der Waals surface area contributed by atoms with Gasteiger partial charge in [-0.25, -0.2) is 0 Å². The molecular weight excluding hydrogens is 70.9 g/mol. The van der Waals surface area contributed by atoms with Crippen molar-refractivity contribution in [1.29, 1.82) is 0 Å². The molecule has 2 aliphatic rings. The van der Waals surface area contributed by atoms with Crippen molar-refractivity contribution in [2.75, 3.05) is 0 Å². The van der Waals surface area contributed by atoms with E-state index in [0.29, 0.717) is 0 Å². The molecule has 1 spiro atoms. The summed E-state index contributed by atoms with van der Waals surface area (Å²) in [5, 5.41) is 0. The zero-order valence-electron chi connectivity index (χ0n) is 4.20. The highest BCUT2D eigenvalue weighted by atomic mass is 14.6. The van der Waals surface area contributed by atoms with Crippen molar-refractivity contribution < 1.29 is 0 Å². The van der Waals surface area contributed by atoms with E-state index in [1.807, 2.05) is 0 Å². The maximum absolute atomic E-state index is 2.37. The Morgan fingerprint density at radius 3 is 2.00 bits per heavy atom. The fraction of sp³-hybridized carbons (Fsp3) is 1.00. The third-order valence-electron chi connectivity index (χ3n) is 2.49. The predicted octanol–water partition coefficient (Wildman–Crippen LogP) is 0.592. The minimum absolute atomic E-state index is 0.958. The molecule has 32 valence electrons. The van der Waals surface area contributed by atoms with E-state index in [0.717, 1.165) is 11.2 Å². The van der Waals surface area contributed by atoms with Gasteiger partial charge in [0.15, 0.2) is 0 Å². The summed E-state index contributed by atoms with van der Waals surface area (Å²) in [6.07, 6.45) is 4.65. The molecular formula is C5H9B. The van der Waals surface area contributed by atoms with Crippen LogP contribution in [-0.2, 0) is 0 Å². The Kier molecular flexibility index (Phi) is 0.299. The van der Waals surface area contributed by atoms with Crippen LogP contribution >= 0.6 is 0 Å².